The highest BCUT2D eigenvalue weighted by atomic mass is 16.4. The fourth-order valence-corrected chi connectivity index (χ4v) is 2.48. The zero-order valence-electron chi connectivity index (χ0n) is 9.73. The van der Waals surface area contributed by atoms with Gasteiger partial charge in [0, 0.05) is 12.6 Å². The van der Waals surface area contributed by atoms with Crippen LogP contribution in [0.25, 0.3) is 11.1 Å². The van der Waals surface area contributed by atoms with Crippen LogP contribution in [0.2, 0.25) is 0 Å². The maximum absolute atomic E-state index is 5.89. The lowest BCUT2D eigenvalue weighted by molar-refractivity contribution is 0.545. The molecule has 17 heavy (non-hydrogen) atoms. The molecule has 0 spiro atoms. The number of oxazole rings is 1. The van der Waals surface area contributed by atoms with Crippen molar-refractivity contribution in [2.45, 2.75) is 25.3 Å². The van der Waals surface area contributed by atoms with Gasteiger partial charge in [0.15, 0.2) is 5.58 Å². The van der Waals surface area contributed by atoms with Crippen molar-refractivity contribution in [3.05, 3.63) is 24.3 Å². The van der Waals surface area contributed by atoms with Gasteiger partial charge in [0.05, 0.1) is 0 Å². The highest BCUT2D eigenvalue weighted by molar-refractivity contribution is 5.74. The van der Waals surface area contributed by atoms with E-state index in [0.717, 1.165) is 30.5 Å². The Morgan fingerprint density at radius 3 is 3.00 bits per heavy atom. The summed E-state index contributed by atoms with van der Waals surface area (Å²) in [4.78, 5) is 4.38. The molecule has 0 amide bonds. The van der Waals surface area contributed by atoms with Crippen LogP contribution in [0.3, 0.4) is 0 Å². The summed E-state index contributed by atoms with van der Waals surface area (Å²) in [5.41, 5.74) is 7.62. The summed E-state index contributed by atoms with van der Waals surface area (Å²) in [5.74, 6) is 0.653. The van der Waals surface area contributed by atoms with Gasteiger partial charge in [-0.15, -0.1) is 0 Å². The Morgan fingerprint density at radius 1 is 1.35 bits per heavy atom. The maximum atomic E-state index is 5.89. The maximum Gasteiger partial charge on any atom is 0.295 e. The van der Waals surface area contributed by atoms with Crippen molar-refractivity contribution in [3.8, 4) is 0 Å². The molecular weight excluding hydrogens is 214 g/mol. The molecule has 0 saturated heterocycles. The van der Waals surface area contributed by atoms with E-state index in [0.29, 0.717) is 18.0 Å². The molecule has 0 radical (unpaired) electrons. The fraction of sp³-hybridized carbons (Fsp3) is 0.462. The summed E-state index contributed by atoms with van der Waals surface area (Å²) in [6.45, 7) is 0.903. The third-order valence-corrected chi connectivity index (χ3v) is 3.42. The highest BCUT2D eigenvalue weighted by Gasteiger charge is 2.21. The molecule has 3 N–H and O–H groups in total. The van der Waals surface area contributed by atoms with E-state index in [4.69, 9.17) is 10.2 Å². The van der Waals surface area contributed by atoms with Crippen LogP contribution in [0.4, 0.5) is 6.01 Å². The van der Waals surface area contributed by atoms with Crippen molar-refractivity contribution >= 4 is 17.1 Å². The van der Waals surface area contributed by atoms with Crippen LogP contribution < -0.4 is 11.1 Å². The first kappa shape index (κ1) is 10.6. The van der Waals surface area contributed by atoms with E-state index in [1.807, 2.05) is 24.3 Å². The average molecular weight is 231 g/mol. The number of nitrogens with one attached hydrogen (secondary N) is 1. The summed E-state index contributed by atoms with van der Waals surface area (Å²) in [6, 6.07) is 8.80. The standard InChI is InChI=1S/C13H17N3O/c14-10-6-5-9(7-10)8-15-13-16-11-3-1-2-4-12(11)17-13/h1-4,9-10H,5-8,14H2,(H,15,16). The largest absolute Gasteiger partial charge is 0.424 e. The lowest BCUT2D eigenvalue weighted by Gasteiger charge is -2.08. The topological polar surface area (TPSA) is 64.1 Å². The molecule has 0 aliphatic heterocycles. The Morgan fingerprint density at radius 2 is 2.24 bits per heavy atom. The summed E-state index contributed by atoms with van der Waals surface area (Å²) in [6.07, 6.45) is 3.45. The SMILES string of the molecule is NC1CCC(CNc2nc3ccccc3o2)C1. The number of fused-ring (bicyclic) bond motifs is 1. The van der Waals surface area contributed by atoms with Gasteiger partial charge in [0.25, 0.3) is 6.01 Å². The minimum Gasteiger partial charge on any atom is -0.424 e. The molecule has 90 valence electrons. The number of nitrogens with two attached hydrogens (primary N) is 1. The Balaban J connectivity index is 1.65. The third-order valence-electron chi connectivity index (χ3n) is 3.42. The molecular formula is C13H17N3O. The summed E-state index contributed by atoms with van der Waals surface area (Å²) in [5, 5.41) is 3.26. The van der Waals surface area contributed by atoms with Crippen molar-refractivity contribution in [1.82, 2.24) is 4.98 Å². The van der Waals surface area contributed by atoms with Gasteiger partial charge in [-0.25, -0.2) is 0 Å². The third kappa shape index (κ3) is 2.26. The Bertz CT molecular complexity index is 475. The van der Waals surface area contributed by atoms with Crippen LogP contribution in [0, 0.1) is 5.92 Å². The first-order chi connectivity index (χ1) is 8.31. The molecule has 1 fully saturated rings. The molecule has 1 aliphatic rings. The van der Waals surface area contributed by atoms with Crippen molar-refractivity contribution in [2.24, 2.45) is 11.7 Å². The van der Waals surface area contributed by atoms with E-state index in [1.54, 1.807) is 0 Å². The number of nitrogens with zero attached hydrogens (tertiary/aromatic N) is 1. The molecule has 1 heterocycles. The quantitative estimate of drug-likeness (QED) is 0.851. The van der Waals surface area contributed by atoms with Gasteiger partial charge in [0.1, 0.15) is 5.52 Å². The summed E-state index contributed by atoms with van der Waals surface area (Å²) >= 11 is 0. The number of para-hydroxylation sites is 2. The minimum absolute atomic E-state index is 0.380. The van der Waals surface area contributed by atoms with Gasteiger partial charge in [-0.2, -0.15) is 4.98 Å². The van der Waals surface area contributed by atoms with E-state index in [9.17, 15) is 0 Å². The van der Waals surface area contributed by atoms with E-state index in [2.05, 4.69) is 10.3 Å². The monoisotopic (exact) mass is 231 g/mol. The molecule has 2 aromatic rings. The van der Waals surface area contributed by atoms with Gasteiger partial charge >= 0.3 is 0 Å². The number of benzene rings is 1. The van der Waals surface area contributed by atoms with Gasteiger partial charge in [-0.05, 0) is 37.3 Å². The molecule has 1 aromatic heterocycles. The normalized spacial score (nSPS) is 24.3. The molecule has 3 rings (SSSR count). The Labute approximate surface area is 100 Å². The number of hydrogen-bond acceptors (Lipinski definition) is 4. The molecule has 4 nitrogen and oxygen atoms in total. The lowest BCUT2D eigenvalue weighted by Crippen LogP contribution is -2.17. The van der Waals surface area contributed by atoms with Gasteiger partial charge in [-0.3, -0.25) is 0 Å². The van der Waals surface area contributed by atoms with Crippen molar-refractivity contribution in [3.63, 3.8) is 0 Å². The second-order valence-corrected chi connectivity index (χ2v) is 4.81. The van der Waals surface area contributed by atoms with E-state index in [1.165, 1.54) is 6.42 Å². The minimum atomic E-state index is 0.380. The summed E-state index contributed by atoms with van der Waals surface area (Å²) < 4.78 is 5.60. The number of anilines is 1. The van der Waals surface area contributed by atoms with Gasteiger partial charge < -0.3 is 15.5 Å². The van der Waals surface area contributed by atoms with Gasteiger partial charge in [0.2, 0.25) is 0 Å². The Kier molecular flexibility index (Phi) is 2.73. The fourth-order valence-electron chi connectivity index (χ4n) is 2.48. The molecule has 1 aromatic carbocycles. The first-order valence-electron chi connectivity index (χ1n) is 6.16. The van der Waals surface area contributed by atoms with Crippen LogP contribution in [0.1, 0.15) is 19.3 Å². The number of hydrogen-bond donors (Lipinski definition) is 2. The van der Waals surface area contributed by atoms with Crippen molar-refractivity contribution in [1.29, 1.82) is 0 Å². The molecule has 1 saturated carbocycles. The van der Waals surface area contributed by atoms with Gasteiger partial charge in [-0.1, -0.05) is 12.1 Å². The predicted molar refractivity (Wildman–Crippen MR) is 67.8 cm³/mol. The molecule has 4 heteroatoms. The Hall–Kier alpha value is -1.55. The van der Waals surface area contributed by atoms with Crippen LogP contribution in [0.5, 0.6) is 0 Å². The summed E-state index contributed by atoms with van der Waals surface area (Å²) in [7, 11) is 0. The predicted octanol–water partition coefficient (Wildman–Crippen LogP) is 2.37. The zero-order valence-corrected chi connectivity index (χ0v) is 9.73. The van der Waals surface area contributed by atoms with E-state index < -0.39 is 0 Å². The van der Waals surface area contributed by atoms with E-state index in [-0.39, 0.29) is 0 Å². The smallest absolute Gasteiger partial charge is 0.295 e. The molecule has 2 atom stereocenters. The first-order valence-corrected chi connectivity index (χ1v) is 6.16. The second-order valence-electron chi connectivity index (χ2n) is 4.81. The molecule has 1 aliphatic carbocycles. The van der Waals surface area contributed by atoms with E-state index >= 15 is 0 Å². The van der Waals surface area contributed by atoms with Crippen LogP contribution >= 0.6 is 0 Å². The van der Waals surface area contributed by atoms with Crippen LogP contribution in [-0.4, -0.2) is 17.6 Å². The average Bonchev–Trinajstić information content (AvgIpc) is 2.91. The zero-order chi connectivity index (χ0) is 11.7. The molecule has 2 unspecified atom stereocenters. The van der Waals surface area contributed by atoms with Crippen molar-refractivity contribution in [2.75, 3.05) is 11.9 Å². The van der Waals surface area contributed by atoms with Crippen LogP contribution in [-0.2, 0) is 0 Å². The van der Waals surface area contributed by atoms with Crippen molar-refractivity contribution < 1.29 is 4.42 Å². The number of aromatic nitrogens is 1. The highest BCUT2D eigenvalue weighted by Crippen LogP contribution is 2.25. The second kappa shape index (κ2) is 4.37. The lowest BCUT2D eigenvalue weighted by atomic mass is 10.1. The molecule has 0 bridgehead atoms. The van der Waals surface area contributed by atoms with Crippen LogP contribution in [0.15, 0.2) is 28.7 Å². The number of rotatable bonds is 3.